The van der Waals surface area contributed by atoms with E-state index in [-0.39, 0.29) is 11.9 Å². The Kier molecular flexibility index (Phi) is 4.45. The predicted octanol–water partition coefficient (Wildman–Crippen LogP) is 2.45. The Bertz CT molecular complexity index is 494. The van der Waals surface area contributed by atoms with Crippen molar-refractivity contribution in [3.8, 4) is 5.75 Å². The number of halogens is 1. The Morgan fingerprint density at radius 2 is 2.33 bits per heavy atom. The Morgan fingerprint density at radius 1 is 1.48 bits per heavy atom. The molecule has 4 heteroatoms. The molecule has 3 unspecified atom stereocenters. The van der Waals surface area contributed by atoms with Gasteiger partial charge < -0.3 is 10.1 Å². The molecule has 0 amide bonds. The van der Waals surface area contributed by atoms with Crippen LogP contribution in [0.2, 0.25) is 0 Å². The molecule has 0 aliphatic carbocycles. The van der Waals surface area contributed by atoms with Gasteiger partial charge in [-0.15, -0.1) is 0 Å². The highest BCUT2D eigenvalue weighted by Gasteiger charge is 2.29. The maximum Gasteiger partial charge on any atom is 0.123 e. The lowest BCUT2D eigenvalue weighted by Gasteiger charge is -2.37. The first-order valence-corrected chi connectivity index (χ1v) is 8.06. The molecule has 2 aliphatic rings. The third kappa shape index (κ3) is 3.38. The van der Waals surface area contributed by atoms with Gasteiger partial charge in [0.1, 0.15) is 17.7 Å². The Morgan fingerprint density at radius 3 is 3.14 bits per heavy atom. The van der Waals surface area contributed by atoms with E-state index in [4.69, 9.17) is 4.74 Å². The summed E-state index contributed by atoms with van der Waals surface area (Å²) in [4.78, 5) is 2.49. The van der Waals surface area contributed by atoms with Crippen LogP contribution in [0.1, 0.15) is 25.8 Å². The van der Waals surface area contributed by atoms with Crippen LogP contribution in [0.25, 0.3) is 0 Å². The number of hydrogen-bond donors (Lipinski definition) is 1. The summed E-state index contributed by atoms with van der Waals surface area (Å²) < 4.78 is 19.2. The average Bonchev–Trinajstić information content (AvgIpc) is 2.88. The maximum absolute atomic E-state index is 13.3. The molecule has 0 saturated carbocycles. The number of rotatable bonds is 4. The summed E-state index contributed by atoms with van der Waals surface area (Å²) in [6, 6.07) is 5.41. The van der Waals surface area contributed by atoms with Crippen molar-refractivity contribution in [2.75, 3.05) is 26.2 Å². The third-order valence-electron chi connectivity index (χ3n) is 4.85. The highest BCUT2D eigenvalue weighted by atomic mass is 19.1. The van der Waals surface area contributed by atoms with E-state index in [1.165, 1.54) is 12.5 Å². The lowest BCUT2D eigenvalue weighted by Crippen LogP contribution is -2.54. The quantitative estimate of drug-likeness (QED) is 0.922. The number of hydrogen-bond acceptors (Lipinski definition) is 3. The number of ether oxygens (including phenoxy) is 1. The van der Waals surface area contributed by atoms with Crippen LogP contribution in [0.5, 0.6) is 5.75 Å². The fraction of sp³-hybridized carbons (Fsp3) is 0.647. The van der Waals surface area contributed by atoms with Crippen molar-refractivity contribution in [1.82, 2.24) is 10.2 Å². The molecule has 3 rings (SSSR count). The van der Waals surface area contributed by atoms with Gasteiger partial charge in [0.05, 0.1) is 0 Å². The van der Waals surface area contributed by atoms with Gasteiger partial charge in [-0.1, -0.05) is 20.3 Å². The largest absolute Gasteiger partial charge is 0.488 e. The van der Waals surface area contributed by atoms with E-state index in [1.807, 2.05) is 0 Å². The fourth-order valence-corrected chi connectivity index (χ4v) is 3.35. The molecule has 116 valence electrons. The van der Waals surface area contributed by atoms with Crippen molar-refractivity contribution in [1.29, 1.82) is 0 Å². The fourth-order valence-electron chi connectivity index (χ4n) is 3.35. The minimum Gasteiger partial charge on any atom is -0.488 e. The normalized spacial score (nSPS) is 27.2. The molecule has 0 aromatic heterocycles. The van der Waals surface area contributed by atoms with Crippen LogP contribution < -0.4 is 10.1 Å². The minimum absolute atomic E-state index is 0.164. The number of nitrogens with zero attached hydrogens (tertiary/aromatic N) is 1. The van der Waals surface area contributed by atoms with E-state index >= 15 is 0 Å². The minimum atomic E-state index is -0.169. The van der Waals surface area contributed by atoms with Crippen LogP contribution in [-0.2, 0) is 6.42 Å². The molecule has 0 spiro atoms. The molecule has 1 N–H and O–H groups in total. The molecule has 1 fully saturated rings. The third-order valence-corrected chi connectivity index (χ3v) is 4.85. The highest BCUT2D eigenvalue weighted by Crippen LogP contribution is 2.29. The molecule has 1 aromatic rings. The van der Waals surface area contributed by atoms with Gasteiger partial charge in [0, 0.05) is 44.2 Å². The van der Waals surface area contributed by atoms with Gasteiger partial charge in [-0.3, -0.25) is 4.90 Å². The summed E-state index contributed by atoms with van der Waals surface area (Å²) in [7, 11) is 0. The Labute approximate surface area is 126 Å². The maximum atomic E-state index is 13.3. The topological polar surface area (TPSA) is 24.5 Å². The zero-order valence-electron chi connectivity index (χ0n) is 12.9. The summed E-state index contributed by atoms with van der Waals surface area (Å²) in [6.07, 6.45) is 2.19. The first-order valence-electron chi connectivity index (χ1n) is 8.06. The zero-order valence-corrected chi connectivity index (χ0v) is 12.9. The second-order valence-electron chi connectivity index (χ2n) is 6.40. The van der Waals surface area contributed by atoms with E-state index in [0.717, 1.165) is 43.9 Å². The number of piperazine rings is 1. The molecule has 1 saturated heterocycles. The predicted molar refractivity (Wildman–Crippen MR) is 82.2 cm³/mol. The lowest BCUT2D eigenvalue weighted by molar-refractivity contribution is 0.111. The molecule has 0 bridgehead atoms. The summed E-state index contributed by atoms with van der Waals surface area (Å²) >= 11 is 0. The van der Waals surface area contributed by atoms with Crippen molar-refractivity contribution in [2.45, 2.75) is 38.8 Å². The molecule has 3 atom stereocenters. The zero-order chi connectivity index (χ0) is 14.8. The van der Waals surface area contributed by atoms with E-state index in [0.29, 0.717) is 12.0 Å². The molecule has 2 heterocycles. The Hall–Kier alpha value is -1.13. The second kappa shape index (κ2) is 6.32. The van der Waals surface area contributed by atoms with E-state index in [9.17, 15) is 4.39 Å². The average molecular weight is 292 g/mol. The smallest absolute Gasteiger partial charge is 0.123 e. The molecular formula is C17H25FN2O. The number of benzene rings is 1. The van der Waals surface area contributed by atoms with Crippen molar-refractivity contribution in [2.24, 2.45) is 5.92 Å². The standard InChI is InChI=1S/C17H25FN2O/c1-3-12(2)16-11-20(7-6-19-16)10-15-9-13-8-14(18)4-5-17(13)21-15/h4-5,8,12,15-16,19H,3,6-7,9-11H2,1-2H3. The van der Waals surface area contributed by atoms with Crippen molar-refractivity contribution < 1.29 is 9.13 Å². The summed E-state index contributed by atoms with van der Waals surface area (Å²) in [6.45, 7) is 8.69. The Balaban J connectivity index is 1.56. The van der Waals surface area contributed by atoms with Gasteiger partial charge >= 0.3 is 0 Å². The van der Waals surface area contributed by atoms with Gasteiger partial charge in [-0.25, -0.2) is 4.39 Å². The van der Waals surface area contributed by atoms with Gasteiger partial charge in [0.15, 0.2) is 0 Å². The molecule has 2 aliphatic heterocycles. The van der Waals surface area contributed by atoms with Crippen LogP contribution in [0.3, 0.4) is 0 Å². The van der Waals surface area contributed by atoms with Gasteiger partial charge in [-0.2, -0.15) is 0 Å². The SMILES string of the molecule is CCC(C)C1CN(CC2Cc3cc(F)ccc3O2)CCN1. The van der Waals surface area contributed by atoms with Crippen LogP contribution in [0, 0.1) is 11.7 Å². The second-order valence-corrected chi connectivity index (χ2v) is 6.40. The van der Waals surface area contributed by atoms with Crippen molar-refractivity contribution in [3.63, 3.8) is 0 Å². The summed E-state index contributed by atoms with van der Waals surface area (Å²) in [5.74, 6) is 1.38. The van der Waals surface area contributed by atoms with Crippen molar-refractivity contribution in [3.05, 3.63) is 29.6 Å². The van der Waals surface area contributed by atoms with Crippen molar-refractivity contribution >= 4 is 0 Å². The number of nitrogens with one attached hydrogen (secondary N) is 1. The first-order chi connectivity index (χ1) is 10.2. The van der Waals surface area contributed by atoms with Gasteiger partial charge in [-0.05, 0) is 24.1 Å². The van der Waals surface area contributed by atoms with Crippen LogP contribution in [-0.4, -0.2) is 43.2 Å². The number of fused-ring (bicyclic) bond motifs is 1. The summed E-state index contributed by atoms with van der Waals surface area (Å²) in [5.41, 5.74) is 1.01. The van der Waals surface area contributed by atoms with Gasteiger partial charge in [0.2, 0.25) is 0 Å². The monoisotopic (exact) mass is 292 g/mol. The van der Waals surface area contributed by atoms with Crippen LogP contribution in [0.15, 0.2) is 18.2 Å². The lowest BCUT2D eigenvalue weighted by atomic mass is 9.97. The van der Waals surface area contributed by atoms with E-state index in [1.54, 1.807) is 12.1 Å². The van der Waals surface area contributed by atoms with E-state index < -0.39 is 0 Å². The molecule has 1 aromatic carbocycles. The van der Waals surface area contributed by atoms with Gasteiger partial charge in [0.25, 0.3) is 0 Å². The van der Waals surface area contributed by atoms with Crippen LogP contribution in [0.4, 0.5) is 4.39 Å². The molecular weight excluding hydrogens is 267 g/mol. The highest BCUT2D eigenvalue weighted by molar-refractivity contribution is 5.37. The molecule has 0 radical (unpaired) electrons. The summed E-state index contributed by atoms with van der Waals surface area (Å²) in [5, 5.41) is 3.62. The van der Waals surface area contributed by atoms with E-state index in [2.05, 4.69) is 24.1 Å². The molecule has 3 nitrogen and oxygen atoms in total. The molecule has 21 heavy (non-hydrogen) atoms. The first kappa shape index (κ1) is 14.8. The van der Waals surface area contributed by atoms with Crippen LogP contribution >= 0.6 is 0 Å².